The van der Waals surface area contributed by atoms with Gasteiger partial charge in [0.15, 0.2) is 18.9 Å². The summed E-state index contributed by atoms with van der Waals surface area (Å²) in [6, 6.07) is 0. The molecule has 0 spiro atoms. The second kappa shape index (κ2) is 59.5. The van der Waals surface area contributed by atoms with Crippen LogP contribution in [0.4, 0.5) is 0 Å². The fourth-order valence-corrected chi connectivity index (χ4v) is 5.75. The number of ether oxygens (including phenoxy) is 15. The molecule has 0 aliphatic carbocycles. The summed E-state index contributed by atoms with van der Waals surface area (Å²) in [5.41, 5.74) is 0. The minimum Gasteiger partial charge on any atom is -0.853 e. The van der Waals surface area contributed by atoms with Crippen molar-refractivity contribution < 1.29 is 86.4 Å². The molecule has 0 aliphatic rings. The third kappa shape index (κ3) is 49.8. The van der Waals surface area contributed by atoms with E-state index in [1.165, 1.54) is 0 Å². The first kappa shape index (κ1) is 79.3. The molecule has 3 atom stereocenters. The van der Waals surface area contributed by atoms with Gasteiger partial charge in [0.25, 0.3) is 0 Å². The van der Waals surface area contributed by atoms with Gasteiger partial charge in [0.1, 0.15) is 19.8 Å². The third-order valence-corrected chi connectivity index (χ3v) is 10.0. The van der Waals surface area contributed by atoms with E-state index < -0.39 is 36.8 Å². The SMILES string of the molecule is CCCCOCC(OCCCC)(OCCCC)OC(C)OCC[O-].CCCCOCC(OCCCC)(OCCCC)OC(C)OCC[O-].CCCCOCC(OCCCC)(OCCCC)OC(C)OCC[O-].[Al+3]. The van der Waals surface area contributed by atoms with Crippen molar-refractivity contribution in [3.8, 4) is 0 Å². The topological polar surface area (TPSA) is 208 Å². The second-order valence-corrected chi connectivity index (χ2v) is 17.3. The fraction of sp³-hybridized carbons (Fsp3) is 1.00. The Morgan fingerprint density at radius 3 is 0.630 bits per heavy atom. The molecule has 438 valence electrons. The minimum atomic E-state index is -1.28. The third-order valence-electron chi connectivity index (χ3n) is 10.0. The maximum atomic E-state index is 10.6. The summed E-state index contributed by atoms with van der Waals surface area (Å²) >= 11 is 0. The molecule has 0 aromatic rings. The largest absolute Gasteiger partial charge is 3.00 e. The van der Waals surface area contributed by atoms with Gasteiger partial charge < -0.3 is 72.2 Å². The summed E-state index contributed by atoms with van der Waals surface area (Å²) in [5.74, 6) is -3.83. The molecule has 0 heterocycles. The molecule has 73 heavy (non-hydrogen) atoms. The van der Waals surface area contributed by atoms with Gasteiger partial charge in [-0.2, -0.15) is 0 Å². The Morgan fingerprint density at radius 2 is 0.466 bits per heavy atom. The van der Waals surface area contributed by atoms with Crippen molar-refractivity contribution in [3.05, 3.63) is 0 Å². The summed E-state index contributed by atoms with van der Waals surface area (Å²) in [5, 5.41) is 31.8. The molecule has 0 saturated carbocycles. The molecule has 0 aliphatic heterocycles. The normalized spacial score (nSPS) is 13.2. The Bertz CT molecular complexity index is 887. The van der Waals surface area contributed by atoms with Crippen molar-refractivity contribution in [1.29, 1.82) is 0 Å². The van der Waals surface area contributed by atoms with Gasteiger partial charge in [-0.3, -0.25) is 14.2 Å². The van der Waals surface area contributed by atoms with Crippen LogP contribution in [0.3, 0.4) is 0 Å². The van der Waals surface area contributed by atoms with E-state index in [4.69, 9.17) is 71.1 Å². The van der Waals surface area contributed by atoms with E-state index in [0.717, 1.165) is 116 Å². The summed E-state index contributed by atoms with van der Waals surface area (Å²) in [7, 11) is 0. The van der Waals surface area contributed by atoms with Gasteiger partial charge in [-0.15, -0.1) is 19.8 Å². The first-order valence-corrected chi connectivity index (χ1v) is 28.1. The molecule has 19 heteroatoms. The predicted molar refractivity (Wildman–Crippen MR) is 280 cm³/mol. The molecular formula is C54H111AlO18. The summed E-state index contributed by atoms with van der Waals surface area (Å²) in [6.45, 7) is 29.1. The first-order chi connectivity index (χ1) is 34.9. The molecule has 0 amide bonds. The van der Waals surface area contributed by atoms with E-state index in [1.54, 1.807) is 20.8 Å². The van der Waals surface area contributed by atoms with Gasteiger partial charge in [0.2, 0.25) is 0 Å². The minimum absolute atomic E-state index is 0. The van der Waals surface area contributed by atoms with Crippen molar-refractivity contribution in [2.45, 2.75) is 235 Å². The van der Waals surface area contributed by atoms with Crippen LogP contribution in [-0.4, -0.2) is 173 Å². The summed E-state index contributed by atoms with van der Waals surface area (Å²) < 4.78 is 86.3. The van der Waals surface area contributed by atoms with Crippen LogP contribution in [0.2, 0.25) is 0 Å². The molecule has 0 saturated heterocycles. The monoisotopic (exact) mass is 1070 g/mol. The molecule has 0 rings (SSSR count). The molecule has 0 aromatic carbocycles. The Kier molecular flexibility index (Phi) is 64.6. The zero-order valence-corrected chi connectivity index (χ0v) is 49.8. The van der Waals surface area contributed by atoms with Crippen LogP contribution in [0.1, 0.15) is 199 Å². The average Bonchev–Trinajstić information content (AvgIpc) is 3.37. The van der Waals surface area contributed by atoms with E-state index >= 15 is 0 Å². The standard InChI is InChI=1S/3C18H37O6.Al/c3*1-5-8-12-20-16-18(22-13-9-6-2,23-14-10-7-3)24-17(4)21-15-11-19;/h3*17H,5-16H2,1-4H3;/q3*-1;+3. The van der Waals surface area contributed by atoms with Crippen LogP contribution >= 0.6 is 0 Å². The predicted octanol–water partition coefficient (Wildman–Crippen LogP) is 8.11. The van der Waals surface area contributed by atoms with Crippen molar-refractivity contribution in [2.75, 3.05) is 119 Å². The number of unbranched alkanes of at least 4 members (excludes halogenated alkanes) is 9. The molecule has 3 unspecified atom stereocenters. The van der Waals surface area contributed by atoms with Gasteiger partial charge in [0, 0.05) is 39.6 Å². The molecule has 0 fully saturated rings. The Hall–Kier alpha value is -0.188. The van der Waals surface area contributed by atoms with Crippen molar-refractivity contribution in [1.82, 2.24) is 0 Å². The van der Waals surface area contributed by atoms with Gasteiger partial charge in [0.05, 0.1) is 39.6 Å². The maximum Gasteiger partial charge on any atom is 3.00 e. The number of hydrogen-bond acceptors (Lipinski definition) is 18. The van der Waals surface area contributed by atoms with E-state index in [1.807, 2.05) is 0 Å². The quantitative estimate of drug-likeness (QED) is 0.0320. The van der Waals surface area contributed by atoms with Crippen LogP contribution in [-0.2, 0) is 71.1 Å². The van der Waals surface area contributed by atoms with Gasteiger partial charge in [-0.25, -0.2) is 0 Å². The van der Waals surface area contributed by atoms with Gasteiger partial charge in [-0.1, -0.05) is 120 Å². The van der Waals surface area contributed by atoms with Crippen molar-refractivity contribution >= 4 is 17.4 Å². The van der Waals surface area contributed by atoms with Crippen molar-refractivity contribution in [3.63, 3.8) is 0 Å². The number of rotatable bonds is 54. The van der Waals surface area contributed by atoms with Crippen LogP contribution in [0.25, 0.3) is 0 Å². The Morgan fingerprint density at radius 1 is 0.288 bits per heavy atom. The molecule has 18 nitrogen and oxygen atoms in total. The molecule has 0 radical (unpaired) electrons. The van der Waals surface area contributed by atoms with Crippen LogP contribution in [0.15, 0.2) is 0 Å². The van der Waals surface area contributed by atoms with E-state index in [9.17, 15) is 15.3 Å². The summed E-state index contributed by atoms with van der Waals surface area (Å²) in [4.78, 5) is 0. The molecular weight excluding hydrogens is 964 g/mol. The van der Waals surface area contributed by atoms with E-state index in [0.29, 0.717) is 59.5 Å². The number of hydrogen-bond donors (Lipinski definition) is 0. The fourth-order valence-electron chi connectivity index (χ4n) is 5.75. The smallest absolute Gasteiger partial charge is 0.853 e. The van der Waals surface area contributed by atoms with Gasteiger partial charge >= 0.3 is 35.3 Å². The van der Waals surface area contributed by atoms with Crippen LogP contribution in [0, 0.1) is 0 Å². The second-order valence-electron chi connectivity index (χ2n) is 17.3. The Labute approximate surface area is 456 Å². The molecule has 0 aromatic heterocycles. The average molecular weight is 1080 g/mol. The van der Waals surface area contributed by atoms with Crippen LogP contribution < -0.4 is 15.3 Å². The Balaban J connectivity index is -0.000000486. The van der Waals surface area contributed by atoms with E-state index in [2.05, 4.69) is 62.3 Å². The molecule has 0 N–H and O–H groups in total. The first-order valence-electron chi connectivity index (χ1n) is 28.1. The zero-order chi connectivity index (χ0) is 54.3. The van der Waals surface area contributed by atoms with Crippen LogP contribution in [0.5, 0.6) is 0 Å². The molecule has 0 bridgehead atoms. The maximum absolute atomic E-state index is 10.6. The van der Waals surface area contributed by atoms with E-state index in [-0.39, 0.29) is 76.8 Å². The zero-order valence-electron chi connectivity index (χ0n) is 48.6. The summed E-state index contributed by atoms with van der Waals surface area (Å²) in [6.07, 6.45) is 15.9. The van der Waals surface area contributed by atoms with Crippen molar-refractivity contribution in [2.24, 2.45) is 0 Å². The van der Waals surface area contributed by atoms with Gasteiger partial charge in [-0.05, 0) is 78.6 Å².